The van der Waals surface area contributed by atoms with Crippen LogP contribution in [0.3, 0.4) is 0 Å². The molecule has 0 aromatic heterocycles. The van der Waals surface area contributed by atoms with Gasteiger partial charge in [0.15, 0.2) is 0 Å². The highest BCUT2D eigenvalue weighted by molar-refractivity contribution is 4.87. The highest BCUT2D eigenvalue weighted by Crippen LogP contribution is 2.12. The van der Waals surface area contributed by atoms with Crippen molar-refractivity contribution < 1.29 is 0 Å². The van der Waals surface area contributed by atoms with Gasteiger partial charge in [-0.1, -0.05) is 25.8 Å². The highest BCUT2D eigenvalue weighted by atomic mass is 14.0. The van der Waals surface area contributed by atoms with Crippen molar-refractivity contribution in [2.45, 2.75) is 40.0 Å². The van der Waals surface area contributed by atoms with Crippen LogP contribution in [-0.4, -0.2) is 0 Å². The molecule has 0 aliphatic rings. The zero-order valence-corrected chi connectivity index (χ0v) is 6.91. The SMILES string of the molecule is C=C(C)CC[C@@H](C)CC. The Morgan fingerprint density at radius 3 is 2.44 bits per heavy atom. The molecule has 0 aliphatic heterocycles. The molecule has 0 nitrogen and oxygen atoms in total. The van der Waals surface area contributed by atoms with Crippen LogP contribution in [0.2, 0.25) is 0 Å². The Bertz CT molecular complexity index is 82.0. The zero-order valence-electron chi connectivity index (χ0n) is 6.91. The van der Waals surface area contributed by atoms with Crippen LogP contribution in [0.4, 0.5) is 0 Å². The Labute approximate surface area is 59.0 Å². The standard InChI is InChI=1S/C9H18/c1-5-9(4)7-6-8(2)3/h9H,2,5-7H2,1,3-4H3/t9-/m0/s1. The van der Waals surface area contributed by atoms with Gasteiger partial charge in [0.25, 0.3) is 0 Å². The van der Waals surface area contributed by atoms with E-state index in [0.29, 0.717) is 0 Å². The van der Waals surface area contributed by atoms with Gasteiger partial charge in [0.2, 0.25) is 0 Å². The molecule has 9 heavy (non-hydrogen) atoms. The molecule has 0 radical (unpaired) electrons. The van der Waals surface area contributed by atoms with Crippen molar-refractivity contribution in [2.24, 2.45) is 5.92 Å². The second-order valence-corrected chi connectivity index (χ2v) is 3.01. The summed E-state index contributed by atoms with van der Waals surface area (Å²) < 4.78 is 0. The van der Waals surface area contributed by atoms with Gasteiger partial charge >= 0.3 is 0 Å². The number of allylic oxidation sites excluding steroid dienone is 1. The number of hydrogen-bond acceptors (Lipinski definition) is 0. The second-order valence-electron chi connectivity index (χ2n) is 3.01. The molecule has 0 rings (SSSR count). The fourth-order valence-corrected chi connectivity index (χ4v) is 0.697. The summed E-state index contributed by atoms with van der Waals surface area (Å²) in [4.78, 5) is 0. The molecule has 0 amide bonds. The van der Waals surface area contributed by atoms with Crippen LogP contribution in [0.15, 0.2) is 12.2 Å². The predicted molar refractivity (Wildman–Crippen MR) is 43.5 cm³/mol. The first-order chi connectivity index (χ1) is 4.16. The van der Waals surface area contributed by atoms with Crippen molar-refractivity contribution in [1.29, 1.82) is 0 Å². The fourth-order valence-electron chi connectivity index (χ4n) is 0.697. The maximum Gasteiger partial charge on any atom is -0.0323 e. The molecule has 0 bridgehead atoms. The summed E-state index contributed by atoms with van der Waals surface area (Å²) in [5, 5.41) is 0. The third-order valence-corrected chi connectivity index (χ3v) is 1.76. The summed E-state index contributed by atoms with van der Waals surface area (Å²) in [5.41, 5.74) is 1.32. The molecule has 0 aromatic rings. The van der Waals surface area contributed by atoms with Crippen LogP contribution in [0.5, 0.6) is 0 Å². The van der Waals surface area contributed by atoms with Gasteiger partial charge in [-0.05, 0) is 25.7 Å². The monoisotopic (exact) mass is 126 g/mol. The van der Waals surface area contributed by atoms with E-state index in [4.69, 9.17) is 0 Å². The molecule has 1 atom stereocenters. The first kappa shape index (κ1) is 8.74. The largest absolute Gasteiger partial charge is 0.100 e. The molecule has 0 spiro atoms. The summed E-state index contributed by atoms with van der Waals surface area (Å²) in [6, 6.07) is 0. The van der Waals surface area contributed by atoms with Crippen LogP contribution >= 0.6 is 0 Å². The van der Waals surface area contributed by atoms with Gasteiger partial charge in [-0.25, -0.2) is 0 Å². The van der Waals surface area contributed by atoms with Gasteiger partial charge in [-0.2, -0.15) is 0 Å². The summed E-state index contributed by atoms with van der Waals surface area (Å²) in [5.74, 6) is 0.877. The van der Waals surface area contributed by atoms with Crippen molar-refractivity contribution >= 4 is 0 Å². The van der Waals surface area contributed by atoms with Gasteiger partial charge in [-0.15, -0.1) is 6.58 Å². The molecule has 0 fully saturated rings. The van der Waals surface area contributed by atoms with Gasteiger partial charge in [0.05, 0.1) is 0 Å². The topological polar surface area (TPSA) is 0 Å². The lowest BCUT2D eigenvalue weighted by atomic mass is 10.0. The maximum atomic E-state index is 3.86. The molecule has 54 valence electrons. The molecule has 0 aromatic carbocycles. The molecule has 0 N–H and O–H groups in total. The molecule has 0 heterocycles. The highest BCUT2D eigenvalue weighted by Gasteiger charge is 1.96. The lowest BCUT2D eigenvalue weighted by Gasteiger charge is -2.06. The van der Waals surface area contributed by atoms with Crippen LogP contribution in [0.1, 0.15) is 40.0 Å². The maximum absolute atomic E-state index is 3.86. The Balaban J connectivity index is 3.16. The van der Waals surface area contributed by atoms with Crippen LogP contribution in [0.25, 0.3) is 0 Å². The normalized spacial score (nSPS) is 13.2. The van der Waals surface area contributed by atoms with Crippen molar-refractivity contribution in [2.75, 3.05) is 0 Å². The molecule has 0 saturated carbocycles. The van der Waals surface area contributed by atoms with Crippen molar-refractivity contribution in [1.82, 2.24) is 0 Å². The molecular weight excluding hydrogens is 108 g/mol. The Morgan fingerprint density at radius 1 is 1.56 bits per heavy atom. The first-order valence-corrected chi connectivity index (χ1v) is 3.81. The van der Waals surface area contributed by atoms with Gasteiger partial charge < -0.3 is 0 Å². The van der Waals surface area contributed by atoms with Crippen molar-refractivity contribution in [3.8, 4) is 0 Å². The quantitative estimate of drug-likeness (QED) is 0.506. The summed E-state index contributed by atoms with van der Waals surface area (Å²) in [6.45, 7) is 10.5. The first-order valence-electron chi connectivity index (χ1n) is 3.81. The van der Waals surface area contributed by atoms with Crippen molar-refractivity contribution in [3.63, 3.8) is 0 Å². The zero-order chi connectivity index (χ0) is 7.28. The van der Waals surface area contributed by atoms with E-state index >= 15 is 0 Å². The van der Waals surface area contributed by atoms with E-state index in [-0.39, 0.29) is 0 Å². The van der Waals surface area contributed by atoms with E-state index < -0.39 is 0 Å². The molecule has 0 saturated heterocycles. The minimum absolute atomic E-state index is 0.877. The molecule has 0 unspecified atom stereocenters. The molecule has 0 heteroatoms. The van der Waals surface area contributed by atoms with E-state index in [9.17, 15) is 0 Å². The predicted octanol–water partition coefficient (Wildman–Crippen LogP) is 3.39. The average Bonchev–Trinajstić information content (AvgIpc) is 1.83. The fraction of sp³-hybridized carbons (Fsp3) is 0.778. The van der Waals surface area contributed by atoms with Crippen molar-refractivity contribution in [3.05, 3.63) is 12.2 Å². The lowest BCUT2D eigenvalue weighted by Crippen LogP contribution is -1.91. The van der Waals surface area contributed by atoms with E-state index in [1.807, 2.05) is 0 Å². The van der Waals surface area contributed by atoms with Gasteiger partial charge in [-0.3, -0.25) is 0 Å². The van der Waals surface area contributed by atoms with E-state index in [1.165, 1.54) is 24.8 Å². The Hall–Kier alpha value is -0.260. The van der Waals surface area contributed by atoms with E-state index in [1.54, 1.807) is 0 Å². The number of hydrogen-bond donors (Lipinski definition) is 0. The molecule has 0 aliphatic carbocycles. The van der Waals surface area contributed by atoms with Crippen LogP contribution in [-0.2, 0) is 0 Å². The third-order valence-electron chi connectivity index (χ3n) is 1.76. The van der Waals surface area contributed by atoms with Gasteiger partial charge in [0, 0.05) is 0 Å². The lowest BCUT2D eigenvalue weighted by molar-refractivity contribution is 0.516. The minimum atomic E-state index is 0.877. The molecular formula is C9H18. The Morgan fingerprint density at radius 2 is 2.11 bits per heavy atom. The minimum Gasteiger partial charge on any atom is -0.100 e. The number of rotatable bonds is 4. The summed E-state index contributed by atoms with van der Waals surface area (Å²) in [7, 11) is 0. The third kappa shape index (κ3) is 5.61. The van der Waals surface area contributed by atoms with Gasteiger partial charge in [0.1, 0.15) is 0 Å². The summed E-state index contributed by atoms with van der Waals surface area (Å²) >= 11 is 0. The van der Waals surface area contributed by atoms with Crippen LogP contribution in [0, 0.1) is 5.92 Å². The van der Waals surface area contributed by atoms with E-state index in [0.717, 1.165) is 5.92 Å². The Kier molecular flexibility index (Phi) is 4.47. The van der Waals surface area contributed by atoms with Crippen LogP contribution < -0.4 is 0 Å². The summed E-state index contributed by atoms with van der Waals surface area (Å²) in [6.07, 6.45) is 3.81. The van der Waals surface area contributed by atoms with E-state index in [2.05, 4.69) is 27.4 Å². The second kappa shape index (κ2) is 4.60. The average molecular weight is 126 g/mol. The smallest absolute Gasteiger partial charge is 0.0323 e.